The molecule has 32 heavy (non-hydrogen) atoms. The Kier molecular flexibility index (Phi) is 9.97. The number of nitrogens with zero attached hydrogens (tertiary/aromatic N) is 1. The number of carbonyl (C=O) groups is 1. The van der Waals surface area contributed by atoms with Gasteiger partial charge in [0.15, 0.2) is 0 Å². The largest absolute Gasteiger partial charge is 0.469 e. The number of aliphatic hydroxyl groups excluding tert-OH is 1. The summed E-state index contributed by atoms with van der Waals surface area (Å²) in [5, 5.41) is 12.1. The molecule has 0 aliphatic carbocycles. The number of amides is 1. The highest BCUT2D eigenvalue weighted by molar-refractivity contribution is 7.46. The summed E-state index contributed by atoms with van der Waals surface area (Å²) in [6.07, 6.45) is 3.76. The van der Waals surface area contributed by atoms with Gasteiger partial charge in [0.05, 0.1) is 12.2 Å². The van der Waals surface area contributed by atoms with E-state index in [1.807, 2.05) is 0 Å². The highest BCUT2D eigenvalue weighted by Crippen LogP contribution is 2.43. The number of aromatic amines is 1. The van der Waals surface area contributed by atoms with Crippen LogP contribution in [0.15, 0.2) is 21.9 Å². The molecule has 1 aromatic rings. The van der Waals surface area contributed by atoms with E-state index >= 15 is 0 Å². The number of unbranched alkanes of at least 4 members (excludes halogenated alkanes) is 3. The van der Waals surface area contributed by atoms with Crippen LogP contribution in [0.25, 0.3) is 6.08 Å². The molecule has 0 unspecified atom stereocenters. The summed E-state index contributed by atoms with van der Waals surface area (Å²) < 4.78 is 22.2. The van der Waals surface area contributed by atoms with Crippen LogP contribution in [-0.2, 0) is 18.6 Å². The molecule has 1 aliphatic rings. The lowest BCUT2D eigenvalue weighted by atomic mass is 10.2. The summed E-state index contributed by atoms with van der Waals surface area (Å²) in [5.74, 6) is -0.409. The van der Waals surface area contributed by atoms with Crippen molar-refractivity contribution in [2.45, 2.75) is 50.5 Å². The molecule has 3 atom stereocenters. The number of rotatable bonds is 12. The number of phosphoric acid groups is 1. The average Bonchev–Trinajstić information content (AvgIpc) is 3.10. The standard InChI is InChI=1S/C18H29N4O9P/c19-7-3-1-2-4-8-20-15(24)6-5-12-10-22(18(26)21-17(12)25)16-9-13(14(11-23)30-16)31-32(27,28)29/h5-6,10,13-14,16,23H,1-4,7-9,11,19H2,(H,20,24)(H,21,25,26)(H2,27,28,29)/b6-5+/t13-,14-,16-/m1/s1. The van der Waals surface area contributed by atoms with Gasteiger partial charge in [-0.3, -0.25) is 23.7 Å². The van der Waals surface area contributed by atoms with Gasteiger partial charge in [0.2, 0.25) is 5.91 Å². The van der Waals surface area contributed by atoms with Crippen LogP contribution < -0.4 is 22.3 Å². The molecule has 2 rings (SSSR count). The van der Waals surface area contributed by atoms with E-state index in [2.05, 4.69) is 14.8 Å². The zero-order chi connectivity index (χ0) is 23.7. The average molecular weight is 476 g/mol. The minimum absolute atomic E-state index is 0.00815. The van der Waals surface area contributed by atoms with Crippen LogP contribution in [0, 0.1) is 0 Å². The molecule has 0 radical (unpaired) electrons. The fourth-order valence-corrected chi connectivity index (χ4v) is 3.79. The molecule has 13 nitrogen and oxygen atoms in total. The third-order valence-corrected chi connectivity index (χ3v) is 5.33. The van der Waals surface area contributed by atoms with E-state index in [-0.39, 0.29) is 12.0 Å². The van der Waals surface area contributed by atoms with E-state index in [4.69, 9.17) is 20.3 Å². The number of nitrogens with two attached hydrogens (primary N) is 1. The van der Waals surface area contributed by atoms with E-state index in [0.717, 1.165) is 42.5 Å². The topological polar surface area (TPSA) is 206 Å². The molecule has 2 heterocycles. The van der Waals surface area contributed by atoms with Gasteiger partial charge in [-0.05, 0) is 25.5 Å². The molecule has 1 saturated heterocycles. The summed E-state index contributed by atoms with van der Waals surface area (Å²) in [6, 6.07) is 0. The quantitative estimate of drug-likeness (QED) is 0.122. The van der Waals surface area contributed by atoms with E-state index in [1.165, 1.54) is 6.08 Å². The van der Waals surface area contributed by atoms with E-state index in [1.54, 1.807) is 0 Å². The molecular formula is C18H29N4O9P. The van der Waals surface area contributed by atoms with Crippen LogP contribution in [0.4, 0.5) is 0 Å². The van der Waals surface area contributed by atoms with Crippen molar-refractivity contribution in [1.29, 1.82) is 0 Å². The molecule has 0 aromatic carbocycles. The normalized spacial score (nSPS) is 21.3. The predicted octanol–water partition coefficient (Wildman–Crippen LogP) is -1.06. The molecule has 1 aromatic heterocycles. The third-order valence-electron chi connectivity index (χ3n) is 4.78. The monoisotopic (exact) mass is 476 g/mol. The Hall–Kier alpha value is -2.12. The first-order valence-corrected chi connectivity index (χ1v) is 11.7. The zero-order valence-electron chi connectivity index (χ0n) is 17.4. The Bertz CT molecular complexity index is 955. The second kappa shape index (κ2) is 12.2. The van der Waals surface area contributed by atoms with Crippen molar-refractivity contribution in [2.24, 2.45) is 5.73 Å². The fraction of sp³-hybridized carbons (Fsp3) is 0.611. The van der Waals surface area contributed by atoms with Crippen LogP contribution in [0.2, 0.25) is 0 Å². The number of aromatic nitrogens is 2. The Labute approximate surface area is 183 Å². The molecule has 1 fully saturated rings. The van der Waals surface area contributed by atoms with Gasteiger partial charge in [0.1, 0.15) is 18.4 Å². The molecular weight excluding hydrogens is 447 g/mol. The number of ether oxygens (including phenoxy) is 1. The molecule has 180 valence electrons. The van der Waals surface area contributed by atoms with Gasteiger partial charge in [0.25, 0.3) is 5.56 Å². The SMILES string of the molecule is NCCCCCCNC(=O)/C=C/c1cn([C@H]2C[C@@H](OP(=O)(O)O)[C@@H](CO)O2)c(=O)[nH]c1=O. The number of aliphatic hydroxyl groups is 1. The number of phosphoric ester groups is 1. The van der Waals surface area contributed by atoms with Crippen molar-refractivity contribution in [2.75, 3.05) is 19.7 Å². The van der Waals surface area contributed by atoms with Gasteiger partial charge in [-0.1, -0.05) is 12.8 Å². The molecule has 0 saturated carbocycles. The maximum Gasteiger partial charge on any atom is 0.469 e. The first-order chi connectivity index (χ1) is 15.1. The smallest absolute Gasteiger partial charge is 0.394 e. The highest BCUT2D eigenvalue weighted by Gasteiger charge is 2.40. The van der Waals surface area contributed by atoms with Gasteiger partial charge >= 0.3 is 13.5 Å². The lowest BCUT2D eigenvalue weighted by Gasteiger charge is -2.16. The molecule has 1 aliphatic heterocycles. The fourth-order valence-electron chi connectivity index (χ4n) is 3.21. The Morgan fingerprint density at radius 1 is 1.34 bits per heavy atom. The number of H-pyrrole nitrogens is 1. The van der Waals surface area contributed by atoms with Crippen molar-refractivity contribution in [3.63, 3.8) is 0 Å². The summed E-state index contributed by atoms with van der Waals surface area (Å²) >= 11 is 0. The predicted molar refractivity (Wildman–Crippen MR) is 113 cm³/mol. The Morgan fingerprint density at radius 3 is 2.72 bits per heavy atom. The molecule has 0 bridgehead atoms. The Morgan fingerprint density at radius 2 is 2.06 bits per heavy atom. The van der Waals surface area contributed by atoms with Crippen LogP contribution in [0.3, 0.4) is 0 Å². The lowest BCUT2D eigenvalue weighted by Crippen LogP contribution is -2.33. The zero-order valence-corrected chi connectivity index (χ0v) is 18.3. The van der Waals surface area contributed by atoms with Crippen molar-refractivity contribution >= 4 is 19.8 Å². The van der Waals surface area contributed by atoms with Crippen molar-refractivity contribution in [3.05, 3.63) is 38.7 Å². The third kappa shape index (κ3) is 8.10. The van der Waals surface area contributed by atoms with Crippen LogP contribution in [0.5, 0.6) is 0 Å². The molecule has 14 heteroatoms. The van der Waals surface area contributed by atoms with Crippen molar-refractivity contribution < 1.29 is 33.5 Å². The molecule has 0 spiro atoms. The van der Waals surface area contributed by atoms with Crippen molar-refractivity contribution in [1.82, 2.24) is 14.9 Å². The summed E-state index contributed by atoms with van der Waals surface area (Å²) in [6.45, 7) is 0.511. The van der Waals surface area contributed by atoms with Gasteiger partial charge in [0, 0.05) is 25.2 Å². The summed E-state index contributed by atoms with van der Waals surface area (Å²) in [5.41, 5.74) is 3.86. The second-order valence-electron chi connectivity index (χ2n) is 7.26. The van der Waals surface area contributed by atoms with Gasteiger partial charge in [-0.25, -0.2) is 9.36 Å². The molecule has 1 amide bonds. The Balaban J connectivity index is 2.05. The minimum atomic E-state index is -4.85. The number of nitrogens with one attached hydrogen (secondary N) is 2. The van der Waals surface area contributed by atoms with Gasteiger partial charge < -0.3 is 30.7 Å². The van der Waals surface area contributed by atoms with E-state index in [9.17, 15) is 24.1 Å². The summed E-state index contributed by atoms with van der Waals surface area (Å²) in [7, 11) is -4.85. The van der Waals surface area contributed by atoms with Crippen LogP contribution in [0.1, 0.15) is 43.9 Å². The molecule has 7 N–H and O–H groups in total. The first kappa shape index (κ1) is 26.1. The first-order valence-electron chi connectivity index (χ1n) is 10.2. The van der Waals surface area contributed by atoms with Crippen molar-refractivity contribution in [3.8, 4) is 0 Å². The van der Waals surface area contributed by atoms with Crippen LogP contribution in [-0.4, -0.2) is 62.3 Å². The van der Waals surface area contributed by atoms with E-state index < -0.39 is 50.0 Å². The number of hydrogen-bond donors (Lipinski definition) is 6. The lowest BCUT2D eigenvalue weighted by molar-refractivity contribution is -0.116. The number of carbonyl (C=O) groups excluding carboxylic acids is 1. The van der Waals surface area contributed by atoms with Gasteiger partial charge in [-0.15, -0.1) is 0 Å². The summed E-state index contributed by atoms with van der Waals surface area (Å²) in [4.78, 5) is 56.3. The second-order valence-corrected chi connectivity index (χ2v) is 8.45. The minimum Gasteiger partial charge on any atom is -0.394 e. The maximum absolute atomic E-state index is 12.2. The van der Waals surface area contributed by atoms with Crippen LogP contribution >= 0.6 is 7.82 Å². The maximum atomic E-state index is 12.2. The van der Waals surface area contributed by atoms with E-state index in [0.29, 0.717) is 13.1 Å². The number of hydrogen-bond acceptors (Lipinski definition) is 8. The van der Waals surface area contributed by atoms with Gasteiger partial charge in [-0.2, -0.15) is 0 Å². The highest BCUT2D eigenvalue weighted by atomic mass is 31.2.